The number of nitrogens with one attached hydrogen (secondary N) is 2. The molecular weight excluding hydrogens is 404 g/mol. The molecule has 2 amide bonds. The molecule has 0 bridgehead atoms. The van der Waals surface area contributed by atoms with E-state index in [1.165, 1.54) is 0 Å². The summed E-state index contributed by atoms with van der Waals surface area (Å²) in [6, 6.07) is 9.93. The van der Waals surface area contributed by atoms with Gasteiger partial charge >= 0.3 is 0 Å². The zero-order chi connectivity index (χ0) is 22.2. The molecule has 0 saturated heterocycles. The van der Waals surface area contributed by atoms with E-state index in [0.717, 1.165) is 51.4 Å². The lowest BCUT2D eigenvalue weighted by Crippen LogP contribution is -2.28. The molecule has 2 N–H and O–H groups in total. The summed E-state index contributed by atoms with van der Waals surface area (Å²) in [6.45, 7) is 0. The van der Waals surface area contributed by atoms with Gasteiger partial charge in [0, 0.05) is 23.0 Å². The molecule has 5 rings (SSSR count). The predicted molar refractivity (Wildman–Crippen MR) is 121 cm³/mol. The van der Waals surface area contributed by atoms with Crippen LogP contribution in [0.25, 0.3) is 0 Å². The molecule has 0 heterocycles. The molecule has 2 fully saturated rings. The van der Waals surface area contributed by atoms with Crippen LogP contribution in [0.15, 0.2) is 36.4 Å². The van der Waals surface area contributed by atoms with E-state index in [0.29, 0.717) is 11.4 Å². The van der Waals surface area contributed by atoms with Crippen LogP contribution >= 0.6 is 0 Å². The molecule has 2 aromatic carbocycles. The average molecular weight is 431 g/mol. The van der Waals surface area contributed by atoms with Crippen LogP contribution < -0.4 is 10.6 Å². The van der Waals surface area contributed by atoms with Crippen molar-refractivity contribution in [1.29, 1.82) is 0 Å². The standard InChI is InChI=1S/C26H26N2O4/c29-23-18-12-6-14-20(28-26(32)16-9-3-4-10-16)22(18)24(30)17-11-5-13-19(21(17)23)27-25(31)15-7-1-2-8-15/h5-6,11-16H,1-4,7-10H2,(H,27,31)(H,28,32). The molecule has 164 valence electrons. The van der Waals surface area contributed by atoms with Crippen LogP contribution in [0.4, 0.5) is 11.4 Å². The fourth-order valence-electron chi connectivity index (χ4n) is 5.30. The van der Waals surface area contributed by atoms with E-state index in [-0.39, 0.29) is 57.5 Å². The average Bonchev–Trinajstić information content (AvgIpc) is 3.52. The van der Waals surface area contributed by atoms with Gasteiger partial charge in [0.25, 0.3) is 0 Å². The first kappa shape index (κ1) is 20.6. The summed E-state index contributed by atoms with van der Waals surface area (Å²) >= 11 is 0. The van der Waals surface area contributed by atoms with E-state index in [1.54, 1.807) is 36.4 Å². The number of hydrogen-bond acceptors (Lipinski definition) is 4. The third-order valence-corrected chi connectivity index (χ3v) is 7.04. The summed E-state index contributed by atoms with van der Waals surface area (Å²) in [5.74, 6) is -0.920. The highest BCUT2D eigenvalue weighted by molar-refractivity contribution is 6.32. The normalized spacial score (nSPS) is 18.4. The van der Waals surface area contributed by atoms with Gasteiger partial charge in [-0.25, -0.2) is 0 Å². The van der Waals surface area contributed by atoms with Crippen molar-refractivity contribution in [3.63, 3.8) is 0 Å². The van der Waals surface area contributed by atoms with Crippen molar-refractivity contribution in [1.82, 2.24) is 0 Å². The fourth-order valence-corrected chi connectivity index (χ4v) is 5.30. The second-order valence-electron chi connectivity index (χ2n) is 9.06. The highest BCUT2D eigenvalue weighted by atomic mass is 16.2. The van der Waals surface area contributed by atoms with Crippen LogP contribution in [0.5, 0.6) is 0 Å². The lowest BCUT2D eigenvalue weighted by Gasteiger charge is -2.23. The van der Waals surface area contributed by atoms with Gasteiger partial charge in [0.05, 0.1) is 22.5 Å². The summed E-state index contributed by atoms with van der Waals surface area (Å²) in [5.41, 5.74) is 1.74. The van der Waals surface area contributed by atoms with Gasteiger partial charge in [-0.3, -0.25) is 19.2 Å². The molecule has 0 unspecified atom stereocenters. The van der Waals surface area contributed by atoms with E-state index in [4.69, 9.17) is 0 Å². The summed E-state index contributed by atoms with van der Waals surface area (Å²) in [6.07, 6.45) is 7.52. The Bertz CT molecular complexity index is 1040. The molecule has 6 heteroatoms. The zero-order valence-corrected chi connectivity index (χ0v) is 17.9. The molecule has 0 aromatic heterocycles. The summed E-state index contributed by atoms with van der Waals surface area (Å²) in [7, 11) is 0. The molecular formula is C26H26N2O4. The predicted octanol–water partition coefficient (Wildman–Crippen LogP) is 4.72. The van der Waals surface area contributed by atoms with E-state index in [1.807, 2.05) is 0 Å². The van der Waals surface area contributed by atoms with Gasteiger partial charge in [0.1, 0.15) is 0 Å². The lowest BCUT2D eigenvalue weighted by atomic mass is 9.82. The Kier molecular flexibility index (Phi) is 5.37. The second kappa shape index (κ2) is 8.34. The van der Waals surface area contributed by atoms with Crippen molar-refractivity contribution in [2.75, 3.05) is 10.6 Å². The maximum Gasteiger partial charge on any atom is 0.227 e. The maximum atomic E-state index is 13.5. The highest BCUT2D eigenvalue weighted by Crippen LogP contribution is 2.37. The monoisotopic (exact) mass is 430 g/mol. The summed E-state index contributed by atoms with van der Waals surface area (Å²) in [4.78, 5) is 52.3. The quantitative estimate of drug-likeness (QED) is 0.626. The number of amides is 2. The van der Waals surface area contributed by atoms with Crippen molar-refractivity contribution in [2.24, 2.45) is 11.8 Å². The van der Waals surface area contributed by atoms with Gasteiger partial charge in [-0.2, -0.15) is 0 Å². The smallest absolute Gasteiger partial charge is 0.227 e. The number of rotatable bonds is 4. The Balaban J connectivity index is 1.48. The first-order valence-electron chi connectivity index (χ1n) is 11.5. The highest BCUT2D eigenvalue weighted by Gasteiger charge is 2.35. The van der Waals surface area contributed by atoms with Crippen LogP contribution in [0, 0.1) is 11.8 Å². The van der Waals surface area contributed by atoms with E-state index in [9.17, 15) is 19.2 Å². The van der Waals surface area contributed by atoms with Gasteiger partial charge < -0.3 is 10.6 Å². The van der Waals surface area contributed by atoms with Crippen molar-refractivity contribution in [3.05, 3.63) is 58.7 Å². The molecule has 3 aliphatic carbocycles. The summed E-state index contributed by atoms with van der Waals surface area (Å²) in [5, 5.41) is 5.79. The number of carbonyl (C=O) groups is 4. The molecule has 6 nitrogen and oxygen atoms in total. The van der Waals surface area contributed by atoms with Crippen molar-refractivity contribution in [3.8, 4) is 0 Å². The minimum atomic E-state index is -0.311. The number of hydrogen-bond donors (Lipinski definition) is 2. The van der Waals surface area contributed by atoms with Gasteiger partial charge in [0.2, 0.25) is 11.8 Å². The summed E-state index contributed by atoms with van der Waals surface area (Å²) < 4.78 is 0. The number of anilines is 2. The van der Waals surface area contributed by atoms with Crippen molar-refractivity contribution >= 4 is 34.8 Å². The largest absolute Gasteiger partial charge is 0.325 e. The van der Waals surface area contributed by atoms with Crippen LogP contribution in [0.3, 0.4) is 0 Å². The number of carbonyl (C=O) groups excluding carboxylic acids is 4. The first-order valence-corrected chi connectivity index (χ1v) is 11.5. The second-order valence-corrected chi connectivity index (χ2v) is 9.06. The molecule has 3 aliphatic rings. The van der Waals surface area contributed by atoms with Crippen molar-refractivity contribution in [2.45, 2.75) is 51.4 Å². The number of ketones is 2. The third-order valence-electron chi connectivity index (χ3n) is 7.04. The maximum absolute atomic E-state index is 13.5. The lowest BCUT2D eigenvalue weighted by molar-refractivity contribution is -0.120. The van der Waals surface area contributed by atoms with Crippen LogP contribution in [-0.4, -0.2) is 23.4 Å². The minimum absolute atomic E-state index is 0.0510. The topological polar surface area (TPSA) is 92.3 Å². The molecule has 2 aromatic rings. The molecule has 0 radical (unpaired) electrons. The van der Waals surface area contributed by atoms with Gasteiger partial charge in [-0.1, -0.05) is 49.9 Å². The Hall–Kier alpha value is -3.28. The molecule has 0 atom stereocenters. The molecule has 0 aliphatic heterocycles. The van der Waals surface area contributed by atoms with E-state index < -0.39 is 0 Å². The van der Waals surface area contributed by atoms with E-state index in [2.05, 4.69) is 10.6 Å². The fraction of sp³-hybridized carbons (Fsp3) is 0.385. The number of fused-ring (bicyclic) bond motifs is 2. The Morgan fingerprint density at radius 1 is 0.625 bits per heavy atom. The minimum Gasteiger partial charge on any atom is -0.325 e. The van der Waals surface area contributed by atoms with E-state index >= 15 is 0 Å². The van der Waals surface area contributed by atoms with Gasteiger partial charge in [0.15, 0.2) is 11.6 Å². The van der Waals surface area contributed by atoms with Gasteiger partial charge in [-0.15, -0.1) is 0 Å². The van der Waals surface area contributed by atoms with Crippen LogP contribution in [0.2, 0.25) is 0 Å². The van der Waals surface area contributed by atoms with Crippen molar-refractivity contribution < 1.29 is 19.2 Å². The zero-order valence-electron chi connectivity index (χ0n) is 17.9. The molecule has 32 heavy (non-hydrogen) atoms. The SMILES string of the molecule is O=C1c2cccc(NC(=O)C3CCCC3)c2C(=O)c2cccc(NC(=O)C3CCCC3)c21. The van der Waals surface area contributed by atoms with Crippen LogP contribution in [0.1, 0.15) is 83.2 Å². The third kappa shape index (κ3) is 3.53. The van der Waals surface area contributed by atoms with Crippen LogP contribution in [-0.2, 0) is 9.59 Å². The van der Waals surface area contributed by atoms with Gasteiger partial charge in [-0.05, 0) is 37.8 Å². The molecule has 2 saturated carbocycles. The number of benzene rings is 2. The Morgan fingerprint density at radius 2 is 1.00 bits per heavy atom. The first-order chi connectivity index (χ1) is 15.5. The Labute approximate surface area is 186 Å². The Morgan fingerprint density at radius 3 is 1.38 bits per heavy atom. The molecule has 0 spiro atoms.